The molecule has 1 aliphatic rings. The van der Waals surface area contributed by atoms with E-state index in [0.717, 1.165) is 31.5 Å². The third-order valence-electron chi connectivity index (χ3n) is 4.31. The Balaban J connectivity index is 0.00000243. The van der Waals surface area contributed by atoms with Gasteiger partial charge < -0.3 is 10.6 Å². The maximum Gasteiger partial charge on any atom is 0.251 e. The van der Waals surface area contributed by atoms with Crippen molar-refractivity contribution in [2.75, 3.05) is 13.1 Å². The molecule has 0 spiro atoms. The van der Waals surface area contributed by atoms with Gasteiger partial charge in [0, 0.05) is 18.2 Å². The minimum absolute atomic E-state index is 0. The molecule has 0 saturated carbocycles. The second kappa shape index (κ2) is 9.16. The number of piperidine rings is 1. The summed E-state index contributed by atoms with van der Waals surface area (Å²) in [4.78, 5) is 12.5. The van der Waals surface area contributed by atoms with Crippen molar-refractivity contribution in [3.8, 4) is 0 Å². The van der Waals surface area contributed by atoms with Gasteiger partial charge in [0.2, 0.25) is 0 Å². The molecule has 2 aromatic carbocycles. The van der Waals surface area contributed by atoms with Gasteiger partial charge in [0.05, 0.1) is 10.6 Å². The summed E-state index contributed by atoms with van der Waals surface area (Å²) in [6.45, 7) is 1.76. The van der Waals surface area contributed by atoms with Crippen LogP contribution in [0.3, 0.4) is 0 Å². The molecule has 3 rings (SSSR count). The molecule has 1 atom stereocenters. The van der Waals surface area contributed by atoms with E-state index in [9.17, 15) is 13.2 Å². The van der Waals surface area contributed by atoms with Crippen LogP contribution in [0.15, 0.2) is 59.5 Å². The summed E-state index contributed by atoms with van der Waals surface area (Å²) in [7, 11) is -3.42. The molecule has 0 bridgehead atoms. The van der Waals surface area contributed by atoms with Crippen molar-refractivity contribution in [3.05, 3.63) is 65.7 Å². The van der Waals surface area contributed by atoms with Gasteiger partial charge in [-0.2, -0.15) is 0 Å². The monoisotopic (exact) mass is 394 g/mol. The molecular formula is C19H23ClN2O3S. The fraction of sp³-hybridized carbons (Fsp3) is 0.316. The topological polar surface area (TPSA) is 75.3 Å². The van der Waals surface area contributed by atoms with E-state index in [-0.39, 0.29) is 35.0 Å². The Bertz CT molecular complexity index is 818. The van der Waals surface area contributed by atoms with Crippen molar-refractivity contribution < 1.29 is 13.2 Å². The molecule has 7 heteroatoms. The SMILES string of the molecule is Cl.O=C(N[C@H]1CCCNC1)c1ccc(S(=O)(=O)Cc2ccccc2)cc1. The molecule has 140 valence electrons. The van der Waals surface area contributed by atoms with E-state index >= 15 is 0 Å². The Labute approximate surface area is 160 Å². The molecule has 26 heavy (non-hydrogen) atoms. The number of amides is 1. The van der Waals surface area contributed by atoms with Crippen LogP contribution in [0.4, 0.5) is 0 Å². The average molecular weight is 395 g/mol. The highest BCUT2D eigenvalue weighted by Crippen LogP contribution is 2.17. The predicted octanol–water partition coefficient (Wildman–Crippen LogP) is 2.56. The van der Waals surface area contributed by atoms with Gasteiger partial charge in [0.25, 0.3) is 5.91 Å². The zero-order valence-corrected chi connectivity index (χ0v) is 16.0. The Morgan fingerprint density at radius 1 is 1.08 bits per heavy atom. The van der Waals surface area contributed by atoms with Crippen LogP contribution in [-0.4, -0.2) is 33.5 Å². The molecule has 5 nitrogen and oxygen atoms in total. The minimum Gasteiger partial charge on any atom is -0.348 e. The van der Waals surface area contributed by atoms with Gasteiger partial charge in [-0.25, -0.2) is 8.42 Å². The van der Waals surface area contributed by atoms with Gasteiger partial charge in [-0.1, -0.05) is 30.3 Å². The third kappa shape index (κ3) is 5.30. The number of carbonyl (C=O) groups is 1. The fourth-order valence-corrected chi connectivity index (χ4v) is 4.28. The van der Waals surface area contributed by atoms with Crippen molar-refractivity contribution in [2.24, 2.45) is 0 Å². The number of hydrogen-bond donors (Lipinski definition) is 2. The largest absolute Gasteiger partial charge is 0.348 e. The van der Waals surface area contributed by atoms with Crippen molar-refractivity contribution in [1.29, 1.82) is 0 Å². The van der Waals surface area contributed by atoms with Crippen LogP contribution < -0.4 is 10.6 Å². The summed E-state index contributed by atoms with van der Waals surface area (Å²) in [6, 6.07) is 15.4. The van der Waals surface area contributed by atoms with Gasteiger partial charge in [-0.05, 0) is 49.2 Å². The van der Waals surface area contributed by atoms with Gasteiger partial charge in [-0.3, -0.25) is 4.79 Å². The fourth-order valence-electron chi connectivity index (χ4n) is 2.93. The zero-order chi connectivity index (χ0) is 17.7. The maximum atomic E-state index is 12.5. The molecule has 1 saturated heterocycles. The van der Waals surface area contributed by atoms with Crippen LogP contribution in [-0.2, 0) is 15.6 Å². The van der Waals surface area contributed by atoms with Crippen LogP contribution in [0, 0.1) is 0 Å². The first-order chi connectivity index (χ1) is 12.0. The van der Waals surface area contributed by atoms with E-state index in [4.69, 9.17) is 0 Å². The molecule has 0 aliphatic carbocycles. The number of sulfone groups is 1. The van der Waals surface area contributed by atoms with E-state index in [1.165, 1.54) is 12.1 Å². The number of carbonyl (C=O) groups excluding carboxylic acids is 1. The Hall–Kier alpha value is -1.89. The molecule has 2 aromatic rings. The van der Waals surface area contributed by atoms with Crippen LogP contribution >= 0.6 is 12.4 Å². The van der Waals surface area contributed by atoms with Crippen molar-refractivity contribution in [3.63, 3.8) is 0 Å². The lowest BCUT2D eigenvalue weighted by molar-refractivity contribution is 0.0930. The summed E-state index contributed by atoms with van der Waals surface area (Å²) in [5.41, 5.74) is 1.22. The molecule has 2 N–H and O–H groups in total. The Kier molecular flexibility index (Phi) is 7.20. The predicted molar refractivity (Wildman–Crippen MR) is 104 cm³/mol. The van der Waals surface area contributed by atoms with Gasteiger partial charge in [-0.15, -0.1) is 12.4 Å². The van der Waals surface area contributed by atoms with Gasteiger partial charge in [0.15, 0.2) is 9.84 Å². The number of hydrogen-bond acceptors (Lipinski definition) is 4. The smallest absolute Gasteiger partial charge is 0.251 e. The van der Waals surface area contributed by atoms with Gasteiger partial charge in [0.1, 0.15) is 0 Å². The van der Waals surface area contributed by atoms with Crippen molar-refractivity contribution in [2.45, 2.75) is 29.5 Å². The van der Waals surface area contributed by atoms with Crippen molar-refractivity contribution in [1.82, 2.24) is 10.6 Å². The highest BCUT2D eigenvalue weighted by molar-refractivity contribution is 7.90. The molecule has 1 fully saturated rings. The molecule has 0 aromatic heterocycles. The molecule has 1 aliphatic heterocycles. The number of nitrogens with one attached hydrogen (secondary N) is 2. The summed E-state index contributed by atoms with van der Waals surface area (Å²) in [5.74, 6) is -0.214. The maximum absolute atomic E-state index is 12.5. The molecule has 0 radical (unpaired) electrons. The summed E-state index contributed by atoms with van der Waals surface area (Å²) >= 11 is 0. The summed E-state index contributed by atoms with van der Waals surface area (Å²) in [5, 5.41) is 6.23. The van der Waals surface area contributed by atoms with E-state index in [0.29, 0.717) is 5.56 Å². The van der Waals surface area contributed by atoms with E-state index in [2.05, 4.69) is 10.6 Å². The zero-order valence-electron chi connectivity index (χ0n) is 14.4. The van der Waals surface area contributed by atoms with Crippen molar-refractivity contribution >= 4 is 28.2 Å². The highest BCUT2D eigenvalue weighted by atomic mass is 35.5. The molecule has 0 unspecified atom stereocenters. The van der Waals surface area contributed by atoms with Gasteiger partial charge >= 0.3 is 0 Å². The highest BCUT2D eigenvalue weighted by Gasteiger charge is 2.18. The van der Waals surface area contributed by atoms with E-state index in [1.54, 1.807) is 24.3 Å². The second-order valence-corrected chi connectivity index (χ2v) is 8.28. The summed E-state index contributed by atoms with van der Waals surface area (Å²) in [6.07, 6.45) is 2.00. The van der Waals surface area contributed by atoms with Crippen LogP contribution in [0.5, 0.6) is 0 Å². The Morgan fingerprint density at radius 2 is 1.77 bits per heavy atom. The van der Waals surface area contributed by atoms with Crippen LogP contribution in [0.2, 0.25) is 0 Å². The number of rotatable bonds is 5. The second-order valence-electron chi connectivity index (χ2n) is 6.29. The van der Waals surface area contributed by atoms with E-state index < -0.39 is 9.84 Å². The van der Waals surface area contributed by atoms with Crippen LogP contribution in [0.1, 0.15) is 28.8 Å². The third-order valence-corrected chi connectivity index (χ3v) is 6.01. The standard InChI is InChI=1S/C19H22N2O3S.ClH/c22-19(21-17-7-4-12-20-13-17)16-8-10-18(11-9-16)25(23,24)14-15-5-2-1-3-6-15;/h1-3,5-6,8-11,17,20H,4,7,12-14H2,(H,21,22);1H/t17-;/m0./s1. The quantitative estimate of drug-likeness (QED) is 0.817. The molecule has 1 heterocycles. The Morgan fingerprint density at radius 3 is 2.38 bits per heavy atom. The van der Waals surface area contributed by atoms with E-state index in [1.807, 2.05) is 18.2 Å². The average Bonchev–Trinajstić information content (AvgIpc) is 2.63. The molecule has 1 amide bonds. The number of benzene rings is 2. The lowest BCUT2D eigenvalue weighted by Gasteiger charge is -2.23. The summed E-state index contributed by atoms with van der Waals surface area (Å²) < 4.78 is 25.0. The first-order valence-electron chi connectivity index (χ1n) is 8.43. The first-order valence-corrected chi connectivity index (χ1v) is 10.1. The minimum atomic E-state index is -3.42. The molecular weight excluding hydrogens is 372 g/mol. The lowest BCUT2D eigenvalue weighted by atomic mass is 10.1. The lowest BCUT2D eigenvalue weighted by Crippen LogP contribution is -2.45. The number of halogens is 1. The van der Waals surface area contributed by atoms with Crippen LogP contribution in [0.25, 0.3) is 0 Å². The normalized spacial score (nSPS) is 17.2. The first kappa shape index (κ1) is 20.4.